The van der Waals surface area contributed by atoms with Gasteiger partial charge in [0, 0.05) is 28.9 Å². The van der Waals surface area contributed by atoms with Crippen LogP contribution in [0.5, 0.6) is 0 Å². The van der Waals surface area contributed by atoms with Crippen molar-refractivity contribution in [1.29, 1.82) is 0 Å². The van der Waals surface area contributed by atoms with Gasteiger partial charge < -0.3 is 10.2 Å². The van der Waals surface area contributed by atoms with Gasteiger partial charge in [-0.15, -0.1) is 11.3 Å². The summed E-state index contributed by atoms with van der Waals surface area (Å²) in [6, 6.07) is 2.05. The van der Waals surface area contributed by atoms with Gasteiger partial charge in [0.05, 0.1) is 5.02 Å². The van der Waals surface area contributed by atoms with E-state index in [1.807, 2.05) is 5.38 Å². The Morgan fingerprint density at radius 3 is 2.65 bits per heavy atom. The maximum atomic E-state index is 5.92. The lowest BCUT2D eigenvalue weighted by atomic mass is 9.96. The Bertz CT molecular complexity index is 356. The van der Waals surface area contributed by atoms with E-state index in [4.69, 9.17) is 11.6 Å². The lowest BCUT2D eigenvalue weighted by Gasteiger charge is -2.36. The molecule has 1 aromatic heterocycles. The molecule has 0 spiro atoms. The van der Waals surface area contributed by atoms with E-state index >= 15 is 0 Å². The summed E-state index contributed by atoms with van der Waals surface area (Å²) in [4.78, 5) is 3.72. The van der Waals surface area contributed by atoms with Crippen molar-refractivity contribution in [2.24, 2.45) is 0 Å². The summed E-state index contributed by atoms with van der Waals surface area (Å²) in [6.07, 6.45) is 5.37. The highest BCUT2D eigenvalue weighted by Crippen LogP contribution is 2.33. The molecule has 2 nitrogen and oxygen atoms in total. The van der Waals surface area contributed by atoms with E-state index in [1.54, 1.807) is 11.3 Å². The molecule has 1 heterocycles. The summed E-state index contributed by atoms with van der Waals surface area (Å²) in [7, 11) is 4.41. The van der Waals surface area contributed by atoms with Crippen LogP contribution in [0.3, 0.4) is 0 Å². The third-order valence-corrected chi connectivity index (χ3v) is 5.14. The predicted octanol–water partition coefficient (Wildman–Crippen LogP) is 3.37. The molecule has 1 aliphatic carbocycles. The van der Waals surface area contributed by atoms with Crippen LogP contribution >= 0.6 is 22.9 Å². The number of nitrogens with zero attached hydrogens (tertiary/aromatic N) is 1. The fraction of sp³-hybridized carbons (Fsp3) is 0.692. The van der Waals surface area contributed by atoms with Gasteiger partial charge in [-0.05, 0) is 33.0 Å². The van der Waals surface area contributed by atoms with Crippen LogP contribution in [0.4, 0.5) is 0 Å². The largest absolute Gasteiger partial charge is 0.310 e. The first-order chi connectivity index (χ1) is 8.12. The standard InChI is InChI=1S/C13H21ClN2S/c1-16(2)13(5-3-4-6-13)10-15-8-12-7-11(14)9-17-12/h7,9,15H,3-6,8,10H2,1-2H3. The van der Waals surface area contributed by atoms with Crippen LogP contribution in [-0.4, -0.2) is 31.1 Å². The zero-order valence-electron chi connectivity index (χ0n) is 10.6. The first kappa shape index (κ1) is 13.3. The summed E-state index contributed by atoms with van der Waals surface area (Å²) in [5.41, 5.74) is 0.376. The molecule has 1 saturated carbocycles. The molecule has 2 rings (SSSR count). The average molecular weight is 273 g/mol. The van der Waals surface area contributed by atoms with Crippen molar-refractivity contribution in [3.63, 3.8) is 0 Å². The van der Waals surface area contributed by atoms with Gasteiger partial charge in [-0.1, -0.05) is 24.4 Å². The number of hydrogen-bond acceptors (Lipinski definition) is 3. The van der Waals surface area contributed by atoms with Gasteiger partial charge in [-0.3, -0.25) is 0 Å². The molecular formula is C13H21ClN2S. The molecule has 1 aliphatic rings. The maximum Gasteiger partial charge on any atom is 0.0516 e. The molecule has 4 heteroatoms. The van der Waals surface area contributed by atoms with Crippen LogP contribution in [0.2, 0.25) is 5.02 Å². The van der Waals surface area contributed by atoms with Crippen molar-refractivity contribution < 1.29 is 0 Å². The van der Waals surface area contributed by atoms with Crippen LogP contribution in [-0.2, 0) is 6.54 Å². The summed E-state index contributed by atoms with van der Waals surface area (Å²) >= 11 is 7.65. The zero-order chi connectivity index (χ0) is 12.3. The summed E-state index contributed by atoms with van der Waals surface area (Å²) < 4.78 is 0. The monoisotopic (exact) mass is 272 g/mol. The van der Waals surface area contributed by atoms with E-state index in [0.717, 1.165) is 18.1 Å². The molecule has 0 radical (unpaired) electrons. The van der Waals surface area contributed by atoms with Crippen molar-refractivity contribution in [2.75, 3.05) is 20.6 Å². The summed E-state index contributed by atoms with van der Waals surface area (Å²) in [5, 5.41) is 6.44. The van der Waals surface area contributed by atoms with E-state index in [1.165, 1.54) is 30.6 Å². The molecular weight excluding hydrogens is 252 g/mol. The van der Waals surface area contributed by atoms with E-state index < -0.39 is 0 Å². The Balaban J connectivity index is 1.84. The number of rotatable bonds is 5. The fourth-order valence-electron chi connectivity index (χ4n) is 2.68. The third-order valence-electron chi connectivity index (χ3n) is 3.86. The smallest absolute Gasteiger partial charge is 0.0516 e. The Labute approximate surface area is 113 Å². The Hall–Kier alpha value is -0.0900. The van der Waals surface area contributed by atoms with E-state index in [-0.39, 0.29) is 0 Å². The molecule has 0 bridgehead atoms. The summed E-state index contributed by atoms with van der Waals surface area (Å²) in [6.45, 7) is 2.02. The highest BCUT2D eigenvalue weighted by molar-refractivity contribution is 7.10. The number of hydrogen-bond donors (Lipinski definition) is 1. The maximum absolute atomic E-state index is 5.92. The van der Waals surface area contributed by atoms with Gasteiger partial charge in [-0.2, -0.15) is 0 Å². The van der Waals surface area contributed by atoms with Gasteiger partial charge in [0.25, 0.3) is 0 Å². The molecule has 17 heavy (non-hydrogen) atoms. The van der Waals surface area contributed by atoms with E-state index in [0.29, 0.717) is 5.54 Å². The number of nitrogens with one attached hydrogen (secondary N) is 1. The van der Waals surface area contributed by atoms with E-state index in [9.17, 15) is 0 Å². The van der Waals surface area contributed by atoms with Crippen LogP contribution in [0, 0.1) is 0 Å². The molecule has 0 atom stereocenters. The van der Waals surface area contributed by atoms with Gasteiger partial charge in [0.2, 0.25) is 0 Å². The average Bonchev–Trinajstić information content (AvgIpc) is 2.89. The topological polar surface area (TPSA) is 15.3 Å². The van der Waals surface area contributed by atoms with Crippen molar-refractivity contribution in [1.82, 2.24) is 10.2 Å². The fourth-order valence-corrected chi connectivity index (χ4v) is 3.72. The SMILES string of the molecule is CN(C)C1(CNCc2cc(Cl)cs2)CCCC1. The zero-order valence-corrected chi connectivity index (χ0v) is 12.2. The Kier molecular flexibility index (Phi) is 4.47. The van der Waals surface area contributed by atoms with Crippen molar-refractivity contribution in [2.45, 2.75) is 37.8 Å². The molecule has 1 aromatic rings. The first-order valence-electron chi connectivity index (χ1n) is 6.23. The van der Waals surface area contributed by atoms with Gasteiger partial charge in [0.1, 0.15) is 0 Å². The van der Waals surface area contributed by atoms with Crippen LogP contribution in [0.15, 0.2) is 11.4 Å². The van der Waals surface area contributed by atoms with E-state index in [2.05, 4.69) is 30.4 Å². The van der Waals surface area contributed by atoms with Gasteiger partial charge in [0.15, 0.2) is 0 Å². The van der Waals surface area contributed by atoms with Crippen molar-refractivity contribution in [3.8, 4) is 0 Å². The van der Waals surface area contributed by atoms with Crippen molar-refractivity contribution >= 4 is 22.9 Å². The minimum Gasteiger partial charge on any atom is -0.310 e. The molecule has 0 aliphatic heterocycles. The van der Waals surface area contributed by atoms with Crippen molar-refractivity contribution in [3.05, 3.63) is 21.3 Å². The third kappa shape index (κ3) is 3.22. The molecule has 0 saturated heterocycles. The highest BCUT2D eigenvalue weighted by Gasteiger charge is 2.35. The molecule has 0 aromatic carbocycles. The minimum absolute atomic E-state index is 0.376. The van der Waals surface area contributed by atoms with Crippen LogP contribution < -0.4 is 5.32 Å². The lowest BCUT2D eigenvalue weighted by Crippen LogP contribution is -2.49. The van der Waals surface area contributed by atoms with Gasteiger partial charge >= 0.3 is 0 Å². The van der Waals surface area contributed by atoms with Gasteiger partial charge in [-0.25, -0.2) is 0 Å². The minimum atomic E-state index is 0.376. The molecule has 0 amide bonds. The van der Waals surface area contributed by atoms with Crippen LogP contribution in [0.25, 0.3) is 0 Å². The second-order valence-corrected chi connectivity index (χ2v) is 6.59. The predicted molar refractivity (Wildman–Crippen MR) is 75.9 cm³/mol. The molecule has 1 fully saturated rings. The lowest BCUT2D eigenvalue weighted by molar-refractivity contribution is 0.154. The number of thiophene rings is 1. The molecule has 1 N–H and O–H groups in total. The highest BCUT2D eigenvalue weighted by atomic mass is 35.5. The van der Waals surface area contributed by atoms with Crippen LogP contribution in [0.1, 0.15) is 30.6 Å². The quantitative estimate of drug-likeness (QED) is 0.884. The molecule has 0 unspecified atom stereocenters. The molecule has 96 valence electrons. The second kappa shape index (κ2) is 5.70. The second-order valence-electron chi connectivity index (χ2n) is 5.16. The normalized spacial score (nSPS) is 19.1. The number of likely N-dealkylation sites (N-methyl/N-ethyl adjacent to an activating group) is 1. The summed E-state index contributed by atoms with van der Waals surface area (Å²) in [5.74, 6) is 0. The Morgan fingerprint density at radius 2 is 2.12 bits per heavy atom. The Morgan fingerprint density at radius 1 is 1.41 bits per heavy atom. The number of halogens is 1. The first-order valence-corrected chi connectivity index (χ1v) is 7.49.